The van der Waals surface area contributed by atoms with Crippen LogP contribution in [0.5, 0.6) is 0 Å². The van der Waals surface area contributed by atoms with Crippen LogP contribution in [-0.4, -0.2) is 61.8 Å². The van der Waals surface area contributed by atoms with Gasteiger partial charge < -0.3 is 20.1 Å². The Balaban J connectivity index is 2.71. The van der Waals surface area contributed by atoms with Gasteiger partial charge in [-0.05, 0) is 18.8 Å². The maximum absolute atomic E-state index is 11.7. The first-order valence-electron chi connectivity index (χ1n) is 7.25. The fourth-order valence-electron chi connectivity index (χ4n) is 2.32. The topological polar surface area (TPSA) is 74.2 Å². The Kier molecular flexibility index (Phi) is 6.78. The van der Waals surface area contributed by atoms with Crippen LogP contribution in [0.25, 0.3) is 0 Å². The number of ether oxygens (including phenoxy) is 1. The summed E-state index contributed by atoms with van der Waals surface area (Å²) in [4.78, 5) is 18.4. The zero-order valence-electron chi connectivity index (χ0n) is 12.9. The first-order chi connectivity index (χ1) is 9.53. The van der Waals surface area contributed by atoms with Crippen molar-refractivity contribution >= 4 is 11.9 Å². The van der Waals surface area contributed by atoms with Crippen molar-refractivity contribution in [3.63, 3.8) is 0 Å². The minimum absolute atomic E-state index is 0.0980. The van der Waals surface area contributed by atoms with Gasteiger partial charge in [-0.3, -0.25) is 9.79 Å². The van der Waals surface area contributed by atoms with E-state index in [1.165, 1.54) is 7.11 Å². The van der Waals surface area contributed by atoms with Crippen LogP contribution < -0.4 is 5.32 Å². The van der Waals surface area contributed by atoms with Crippen molar-refractivity contribution in [2.75, 3.05) is 39.9 Å². The third-order valence-corrected chi connectivity index (χ3v) is 3.62. The predicted molar refractivity (Wildman–Crippen MR) is 78.5 cm³/mol. The van der Waals surface area contributed by atoms with Gasteiger partial charge in [-0.1, -0.05) is 13.8 Å². The second kappa shape index (κ2) is 8.09. The van der Waals surface area contributed by atoms with Crippen molar-refractivity contribution in [2.24, 2.45) is 22.7 Å². The number of guanidine groups is 1. The van der Waals surface area contributed by atoms with Crippen molar-refractivity contribution in [2.45, 2.75) is 20.8 Å². The molecule has 116 valence electrons. The van der Waals surface area contributed by atoms with E-state index < -0.39 is 0 Å². The molecule has 1 saturated heterocycles. The Morgan fingerprint density at radius 2 is 2.25 bits per heavy atom. The van der Waals surface area contributed by atoms with E-state index in [0.717, 1.165) is 19.0 Å². The molecule has 1 rings (SSSR count). The largest absolute Gasteiger partial charge is 0.469 e. The van der Waals surface area contributed by atoms with Gasteiger partial charge in [-0.2, -0.15) is 0 Å². The molecule has 3 unspecified atom stereocenters. The van der Waals surface area contributed by atoms with Crippen molar-refractivity contribution in [3.05, 3.63) is 0 Å². The average Bonchev–Trinajstić information content (AvgIpc) is 2.83. The molecular weight excluding hydrogens is 258 g/mol. The average molecular weight is 285 g/mol. The van der Waals surface area contributed by atoms with Crippen molar-refractivity contribution < 1.29 is 14.6 Å². The molecular formula is C14H27N3O3. The van der Waals surface area contributed by atoms with Crippen LogP contribution in [0, 0.1) is 17.8 Å². The maximum Gasteiger partial charge on any atom is 0.310 e. The van der Waals surface area contributed by atoms with Crippen LogP contribution in [0.15, 0.2) is 4.99 Å². The molecule has 0 radical (unpaired) electrons. The smallest absolute Gasteiger partial charge is 0.310 e. The third-order valence-electron chi connectivity index (χ3n) is 3.62. The monoisotopic (exact) mass is 285 g/mol. The van der Waals surface area contributed by atoms with Crippen LogP contribution in [0.3, 0.4) is 0 Å². The highest BCUT2D eigenvalue weighted by atomic mass is 16.5. The Morgan fingerprint density at radius 3 is 2.80 bits per heavy atom. The highest BCUT2D eigenvalue weighted by molar-refractivity contribution is 5.82. The normalized spacial score (nSPS) is 24.6. The lowest BCUT2D eigenvalue weighted by Crippen LogP contribution is -2.41. The summed E-state index contributed by atoms with van der Waals surface area (Å²) in [5.41, 5.74) is 0. The highest BCUT2D eigenvalue weighted by Gasteiger charge is 2.36. The van der Waals surface area contributed by atoms with E-state index in [4.69, 9.17) is 9.84 Å². The molecule has 3 atom stereocenters. The highest BCUT2D eigenvalue weighted by Crippen LogP contribution is 2.24. The Labute approximate surface area is 121 Å². The number of hydrogen-bond acceptors (Lipinski definition) is 4. The SMILES string of the molecule is CCNC(=NCC(C)CO)N1CC(C)C(C(=O)OC)C1. The molecule has 0 spiro atoms. The molecule has 1 fully saturated rings. The molecule has 0 saturated carbocycles. The van der Waals surface area contributed by atoms with E-state index in [-0.39, 0.29) is 30.3 Å². The van der Waals surface area contributed by atoms with Crippen LogP contribution in [0.1, 0.15) is 20.8 Å². The first-order valence-corrected chi connectivity index (χ1v) is 7.25. The van der Waals surface area contributed by atoms with Gasteiger partial charge in [0.15, 0.2) is 5.96 Å². The van der Waals surface area contributed by atoms with E-state index in [9.17, 15) is 4.79 Å². The number of carbonyl (C=O) groups is 1. The standard InChI is InChI=1S/C14H27N3O3/c1-5-15-14(16-6-10(2)9-18)17-7-11(3)12(8-17)13(19)20-4/h10-12,18H,5-9H2,1-4H3,(H,15,16). The van der Waals surface area contributed by atoms with Gasteiger partial charge >= 0.3 is 5.97 Å². The van der Waals surface area contributed by atoms with Gasteiger partial charge in [0.2, 0.25) is 0 Å². The van der Waals surface area contributed by atoms with Crippen molar-refractivity contribution in [3.8, 4) is 0 Å². The number of likely N-dealkylation sites (tertiary alicyclic amines) is 1. The number of aliphatic imine (C=N–C) groups is 1. The fourth-order valence-corrected chi connectivity index (χ4v) is 2.32. The van der Waals surface area contributed by atoms with Gasteiger partial charge in [0, 0.05) is 32.8 Å². The van der Waals surface area contributed by atoms with Crippen LogP contribution in [-0.2, 0) is 9.53 Å². The van der Waals surface area contributed by atoms with Gasteiger partial charge in [-0.15, -0.1) is 0 Å². The first kappa shape index (κ1) is 16.8. The molecule has 20 heavy (non-hydrogen) atoms. The van der Waals surface area contributed by atoms with Crippen LogP contribution in [0.2, 0.25) is 0 Å². The lowest BCUT2D eigenvalue weighted by molar-refractivity contribution is -0.145. The number of methoxy groups -OCH3 is 1. The van der Waals surface area contributed by atoms with Crippen LogP contribution in [0.4, 0.5) is 0 Å². The summed E-state index contributed by atoms with van der Waals surface area (Å²) in [6.45, 7) is 8.93. The third kappa shape index (κ3) is 4.37. The molecule has 0 aliphatic carbocycles. The van der Waals surface area contributed by atoms with Gasteiger partial charge in [-0.25, -0.2) is 0 Å². The molecule has 0 aromatic heterocycles. The van der Waals surface area contributed by atoms with Gasteiger partial charge in [0.1, 0.15) is 0 Å². The van der Waals surface area contributed by atoms with Crippen LogP contribution >= 0.6 is 0 Å². The molecule has 6 nitrogen and oxygen atoms in total. The van der Waals surface area contributed by atoms with Gasteiger partial charge in [0.05, 0.1) is 13.0 Å². The predicted octanol–water partition coefficient (Wildman–Crippen LogP) is 0.321. The van der Waals surface area contributed by atoms with Crippen molar-refractivity contribution in [1.29, 1.82) is 0 Å². The number of carbonyl (C=O) groups excluding carboxylic acids is 1. The zero-order valence-corrected chi connectivity index (χ0v) is 12.9. The molecule has 0 amide bonds. The summed E-state index contributed by atoms with van der Waals surface area (Å²) < 4.78 is 4.85. The summed E-state index contributed by atoms with van der Waals surface area (Å²) in [5, 5.41) is 12.3. The number of hydrogen-bond donors (Lipinski definition) is 2. The second-order valence-corrected chi connectivity index (χ2v) is 5.49. The summed E-state index contributed by atoms with van der Waals surface area (Å²) in [6.07, 6.45) is 0. The number of nitrogens with zero attached hydrogens (tertiary/aromatic N) is 2. The Hall–Kier alpha value is -1.30. The van der Waals surface area contributed by atoms with E-state index >= 15 is 0 Å². The molecule has 0 bridgehead atoms. The molecule has 1 aliphatic heterocycles. The molecule has 1 aliphatic rings. The Morgan fingerprint density at radius 1 is 1.55 bits per heavy atom. The quantitative estimate of drug-likeness (QED) is 0.432. The van der Waals surface area contributed by atoms with Gasteiger partial charge in [0.25, 0.3) is 0 Å². The summed E-state index contributed by atoms with van der Waals surface area (Å²) in [6, 6.07) is 0. The zero-order chi connectivity index (χ0) is 15.1. The van der Waals surface area contributed by atoms with E-state index in [2.05, 4.69) is 22.1 Å². The number of aliphatic hydroxyl groups is 1. The summed E-state index contributed by atoms with van der Waals surface area (Å²) in [5.74, 6) is 0.950. The lowest BCUT2D eigenvalue weighted by atomic mass is 9.99. The summed E-state index contributed by atoms with van der Waals surface area (Å²) in [7, 11) is 1.43. The number of esters is 1. The molecule has 0 aromatic rings. The Bertz CT molecular complexity index is 347. The molecule has 6 heteroatoms. The maximum atomic E-state index is 11.7. The van der Waals surface area contributed by atoms with E-state index in [1.54, 1.807) is 0 Å². The van der Waals surface area contributed by atoms with Crippen molar-refractivity contribution in [1.82, 2.24) is 10.2 Å². The number of nitrogens with one attached hydrogen (secondary N) is 1. The minimum Gasteiger partial charge on any atom is -0.469 e. The number of aliphatic hydroxyl groups excluding tert-OH is 1. The number of rotatable bonds is 5. The fraction of sp³-hybridized carbons (Fsp3) is 0.857. The minimum atomic E-state index is -0.153. The molecule has 0 aromatic carbocycles. The molecule has 1 heterocycles. The lowest BCUT2D eigenvalue weighted by Gasteiger charge is -2.22. The van der Waals surface area contributed by atoms with E-state index in [1.807, 2.05) is 13.8 Å². The van der Waals surface area contributed by atoms with E-state index in [0.29, 0.717) is 13.1 Å². The summed E-state index contributed by atoms with van der Waals surface area (Å²) >= 11 is 0. The second-order valence-electron chi connectivity index (χ2n) is 5.49. The molecule has 2 N–H and O–H groups in total.